The standard InChI is InChI=1S/C17H22N2O4/c1-17(11-22-12-17)10-18-15(20)14-7-19(8-14)16(21)23-9-13-5-3-2-4-6-13/h2-6,14H,7-12H2,1H3,(H,18,20). The summed E-state index contributed by atoms with van der Waals surface area (Å²) in [6.07, 6.45) is -0.364. The van der Waals surface area contributed by atoms with Crippen LogP contribution in [-0.2, 0) is 20.9 Å². The lowest BCUT2D eigenvalue weighted by Gasteiger charge is -2.40. The third-order valence-corrected chi connectivity index (χ3v) is 4.31. The van der Waals surface area contributed by atoms with Gasteiger partial charge in [-0.25, -0.2) is 4.79 Å². The number of carbonyl (C=O) groups excluding carboxylic acids is 2. The van der Waals surface area contributed by atoms with Gasteiger partial charge in [0.1, 0.15) is 6.61 Å². The maximum Gasteiger partial charge on any atom is 0.410 e. The second-order valence-corrected chi connectivity index (χ2v) is 6.66. The third kappa shape index (κ3) is 3.82. The van der Waals surface area contributed by atoms with Crippen LogP contribution in [0.25, 0.3) is 0 Å². The Morgan fingerprint density at radius 2 is 2.00 bits per heavy atom. The van der Waals surface area contributed by atoms with Gasteiger partial charge in [0.2, 0.25) is 5.91 Å². The molecule has 2 amide bonds. The molecule has 0 atom stereocenters. The molecule has 23 heavy (non-hydrogen) atoms. The molecule has 0 aromatic heterocycles. The SMILES string of the molecule is CC1(CNC(=O)C2CN(C(=O)OCc3ccccc3)C2)COC1. The van der Waals surface area contributed by atoms with Crippen molar-refractivity contribution in [1.82, 2.24) is 10.2 Å². The number of nitrogens with zero attached hydrogens (tertiary/aromatic N) is 1. The minimum Gasteiger partial charge on any atom is -0.445 e. The maximum absolute atomic E-state index is 12.0. The summed E-state index contributed by atoms with van der Waals surface area (Å²) in [6.45, 7) is 5.20. The van der Waals surface area contributed by atoms with E-state index in [0.717, 1.165) is 5.56 Å². The average molecular weight is 318 g/mol. The fraction of sp³-hybridized carbons (Fsp3) is 0.529. The molecule has 0 aliphatic carbocycles. The van der Waals surface area contributed by atoms with E-state index in [9.17, 15) is 9.59 Å². The molecule has 0 radical (unpaired) electrons. The van der Waals surface area contributed by atoms with Crippen molar-refractivity contribution < 1.29 is 19.1 Å². The second-order valence-electron chi connectivity index (χ2n) is 6.66. The number of hydrogen-bond donors (Lipinski definition) is 1. The number of amides is 2. The molecule has 0 unspecified atom stereocenters. The minimum atomic E-state index is -0.364. The topological polar surface area (TPSA) is 67.9 Å². The lowest BCUT2D eigenvalue weighted by molar-refractivity contribution is -0.134. The largest absolute Gasteiger partial charge is 0.445 e. The quantitative estimate of drug-likeness (QED) is 0.891. The van der Waals surface area contributed by atoms with E-state index in [2.05, 4.69) is 12.2 Å². The fourth-order valence-electron chi connectivity index (χ4n) is 2.60. The van der Waals surface area contributed by atoms with Gasteiger partial charge in [-0.05, 0) is 5.56 Å². The van der Waals surface area contributed by atoms with Crippen molar-refractivity contribution in [2.45, 2.75) is 13.5 Å². The third-order valence-electron chi connectivity index (χ3n) is 4.31. The van der Waals surface area contributed by atoms with Gasteiger partial charge in [-0.2, -0.15) is 0 Å². The molecule has 2 aliphatic heterocycles. The molecular formula is C17H22N2O4. The molecule has 2 fully saturated rings. The number of benzene rings is 1. The molecule has 6 heteroatoms. The highest BCUT2D eigenvalue weighted by Gasteiger charge is 2.38. The number of carbonyl (C=O) groups is 2. The number of ether oxygens (including phenoxy) is 2. The van der Waals surface area contributed by atoms with Crippen LogP contribution in [0.3, 0.4) is 0 Å². The van der Waals surface area contributed by atoms with Crippen LogP contribution in [0.15, 0.2) is 30.3 Å². The van der Waals surface area contributed by atoms with Crippen LogP contribution in [0, 0.1) is 11.3 Å². The summed E-state index contributed by atoms with van der Waals surface area (Å²) in [5.74, 6) is -0.130. The van der Waals surface area contributed by atoms with Crippen molar-refractivity contribution in [2.75, 3.05) is 32.8 Å². The molecule has 124 valence electrons. The van der Waals surface area contributed by atoms with Crippen LogP contribution < -0.4 is 5.32 Å². The zero-order valence-corrected chi connectivity index (χ0v) is 13.3. The fourth-order valence-corrected chi connectivity index (χ4v) is 2.60. The first-order valence-corrected chi connectivity index (χ1v) is 7.87. The Balaban J connectivity index is 1.35. The molecule has 1 aromatic carbocycles. The Labute approximate surface area is 135 Å². The summed E-state index contributed by atoms with van der Waals surface area (Å²) in [5, 5.41) is 2.95. The lowest BCUT2D eigenvalue weighted by atomic mass is 9.88. The highest BCUT2D eigenvalue weighted by Crippen LogP contribution is 2.25. The van der Waals surface area contributed by atoms with E-state index in [1.165, 1.54) is 0 Å². The Hall–Kier alpha value is -2.08. The summed E-state index contributed by atoms with van der Waals surface area (Å²) in [6, 6.07) is 9.54. The molecule has 6 nitrogen and oxygen atoms in total. The van der Waals surface area contributed by atoms with Crippen LogP contribution in [0.4, 0.5) is 4.79 Å². The minimum absolute atomic E-state index is 0.00485. The number of nitrogens with one attached hydrogen (secondary N) is 1. The summed E-state index contributed by atoms with van der Waals surface area (Å²) in [4.78, 5) is 25.5. The molecular weight excluding hydrogens is 296 g/mol. The Kier molecular flexibility index (Phi) is 4.52. The van der Waals surface area contributed by atoms with Crippen LogP contribution in [0.1, 0.15) is 12.5 Å². The zero-order chi connectivity index (χ0) is 16.3. The maximum atomic E-state index is 12.0. The number of hydrogen-bond acceptors (Lipinski definition) is 4. The highest BCUT2D eigenvalue weighted by molar-refractivity contribution is 5.82. The normalized spacial score (nSPS) is 19.4. The van der Waals surface area contributed by atoms with Gasteiger partial charge in [0.15, 0.2) is 0 Å². The molecule has 3 rings (SSSR count). The highest BCUT2D eigenvalue weighted by atomic mass is 16.6. The molecule has 0 bridgehead atoms. The zero-order valence-electron chi connectivity index (χ0n) is 13.3. The molecule has 0 saturated carbocycles. The van der Waals surface area contributed by atoms with Crippen LogP contribution >= 0.6 is 0 Å². The predicted octanol–water partition coefficient (Wildman–Crippen LogP) is 1.41. The van der Waals surface area contributed by atoms with Gasteiger partial charge in [0, 0.05) is 25.0 Å². The summed E-state index contributed by atoms with van der Waals surface area (Å²) in [7, 11) is 0. The summed E-state index contributed by atoms with van der Waals surface area (Å²) < 4.78 is 10.4. The summed E-state index contributed by atoms with van der Waals surface area (Å²) in [5.41, 5.74) is 1.01. The van der Waals surface area contributed by atoms with E-state index in [1.807, 2.05) is 30.3 Å². The van der Waals surface area contributed by atoms with Gasteiger partial charge >= 0.3 is 6.09 Å². The number of rotatable bonds is 5. The number of likely N-dealkylation sites (tertiary alicyclic amines) is 1. The van der Waals surface area contributed by atoms with E-state index >= 15 is 0 Å². The average Bonchev–Trinajstić information content (AvgIpc) is 2.48. The lowest BCUT2D eigenvalue weighted by Crippen LogP contribution is -2.57. The first-order chi connectivity index (χ1) is 11.1. The Morgan fingerprint density at radius 1 is 1.30 bits per heavy atom. The van der Waals surface area contributed by atoms with Gasteiger partial charge in [0.05, 0.1) is 19.1 Å². The van der Waals surface area contributed by atoms with Crippen molar-refractivity contribution in [2.24, 2.45) is 11.3 Å². The second kappa shape index (κ2) is 6.58. The molecule has 1 aromatic rings. The van der Waals surface area contributed by atoms with Crippen LogP contribution in [0.5, 0.6) is 0 Å². The molecule has 2 saturated heterocycles. The first-order valence-electron chi connectivity index (χ1n) is 7.87. The van der Waals surface area contributed by atoms with E-state index in [-0.39, 0.29) is 29.9 Å². The van der Waals surface area contributed by atoms with E-state index in [4.69, 9.17) is 9.47 Å². The Morgan fingerprint density at radius 3 is 2.61 bits per heavy atom. The molecule has 2 heterocycles. The van der Waals surface area contributed by atoms with Crippen molar-refractivity contribution >= 4 is 12.0 Å². The van der Waals surface area contributed by atoms with E-state index in [0.29, 0.717) is 32.8 Å². The molecule has 2 aliphatic rings. The first kappa shape index (κ1) is 15.8. The van der Waals surface area contributed by atoms with Gasteiger partial charge in [-0.3, -0.25) is 4.79 Å². The van der Waals surface area contributed by atoms with Crippen LogP contribution in [0.2, 0.25) is 0 Å². The van der Waals surface area contributed by atoms with E-state index in [1.54, 1.807) is 4.90 Å². The monoisotopic (exact) mass is 318 g/mol. The molecule has 0 spiro atoms. The van der Waals surface area contributed by atoms with Gasteiger partial charge in [0.25, 0.3) is 0 Å². The van der Waals surface area contributed by atoms with Crippen molar-refractivity contribution in [1.29, 1.82) is 0 Å². The molecule has 1 N–H and O–H groups in total. The van der Waals surface area contributed by atoms with Gasteiger partial charge < -0.3 is 19.7 Å². The van der Waals surface area contributed by atoms with Crippen molar-refractivity contribution in [3.63, 3.8) is 0 Å². The van der Waals surface area contributed by atoms with Crippen LogP contribution in [-0.4, -0.2) is 49.7 Å². The van der Waals surface area contributed by atoms with E-state index < -0.39 is 0 Å². The van der Waals surface area contributed by atoms with Gasteiger partial charge in [-0.1, -0.05) is 37.3 Å². The van der Waals surface area contributed by atoms with Crippen molar-refractivity contribution in [3.8, 4) is 0 Å². The smallest absolute Gasteiger partial charge is 0.410 e. The van der Waals surface area contributed by atoms with Crippen molar-refractivity contribution in [3.05, 3.63) is 35.9 Å². The summed E-state index contributed by atoms with van der Waals surface area (Å²) >= 11 is 0. The Bertz CT molecular complexity index is 565. The van der Waals surface area contributed by atoms with Gasteiger partial charge in [-0.15, -0.1) is 0 Å². The predicted molar refractivity (Wildman–Crippen MR) is 83.6 cm³/mol.